The molecule has 5 aromatic rings. The highest BCUT2D eigenvalue weighted by Gasteiger charge is 2.40. The van der Waals surface area contributed by atoms with Crippen molar-refractivity contribution in [2.75, 3.05) is 63.9 Å². The molecule has 12 N–H and O–H groups in total. The molecule has 24 nitrogen and oxygen atoms in total. The second-order valence-electron chi connectivity index (χ2n) is 14.8. The van der Waals surface area contributed by atoms with Gasteiger partial charge in [-0.3, -0.25) is 30.3 Å². The average molecular weight is 957 g/mol. The van der Waals surface area contributed by atoms with E-state index in [1.165, 1.54) is 24.3 Å². The number of fused-ring (bicyclic) bond motifs is 12. The molecule has 4 heterocycles. The summed E-state index contributed by atoms with van der Waals surface area (Å²) in [6.45, 7) is 5.42. The SMILES string of the molecule is CCOC.Nc1c(O)ccc2c1CN1CN2Cc2c1ccc(O)c2N.Nc1ccc(O)c([N+](=O)[O-])c1.O=C(O)C(F)(F)F.O=[N+]([O-])c1c(O)ccc2c1CN1CN2Cc2c1ccc(O)c2[N+](=O)[O-]. The molecule has 0 aliphatic carbocycles. The Kier molecular flexibility index (Phi) is 14.8. The Bertz CT molecular complexity index is 2640. The van der Waals surface area contributed by atoms with Crippen molar-refractivity contribution in [3.63, 3.8) is 0 Å². The van der Waals surface area contributed by atoms with Gasteiger partial charge < -0.3 is 72.2 Å². The molecule has 0 atom stereocenters. The van der Waals surface area contributed by atoms with E-state index in [1.54, 1.807) is 41.2 Å². The number of carboxylic acids is 1. The number of hydrogen-bond acceptors (Lipinski definition) is 20. The zero-order valence-corrected chi connectivity index (χ0v) is 35.7. The Morgan fingerprint density at radius 1 is 0.603 bits per heavy atom. The molecule has 0 amide bonds. The molecular formula is C41H43F3N10O14. The molecule has 4 bridgehead atoms. The van der Waals surface area contributed by atoms with Gasteiger partial charge in [-0.05, 0) is 67.6 Å². The van der Waals surface area contributed by atoms with Crippen LogP contribution in [0.1, 0.15) is 29.2 Å². The van der Waals surface area contributed by atoms with Gasteiger partial charge in [-0.2, -0.15) is 13.2 Å². The molecule has 362 valence electrons. The minimum absolute atomic E-state index is 0.113. The van der Waals surface area contributed by atoms with Crippen molar-refractivity contribution in [3.8, 4) is 28.7 Å². The number of nitro groups is 3. The molecular weight excluding hydrogens is 914 g/mol. The number of carboxylic acid groups (broad SMARTS) is 1. The Morgan fingerprint density at radius 3 is 1.21 bits per heavy atom. The van der Waals surface area contributed by atoms with Gasteiger partial charge in [0.25, 0.3) is 0 Å². The Labute approximate surface area is 381 Å². The number of phenols is 5. The molecule has 0 saturated heterocycles. The van der Waals surface area contributed by atoms with Crippen molar-refractivity contribution >= 4 is 62.8 Å². The van der Waals surface area contributed by atoms with Crippen LogP contribution in [0.3, 0.4) is 0 Å². The van der Waals surface area contributed by atoms with Crippen LogP contribution in [0.5, 0.6) is 28.7 Å². The smallest absolute Gasteiger partial charge is 0.490 e. The maximum Gasteiger partial charge on any atom is 0.490 e. The van der Waals surface area contributed by atoms with Crippen LogP contribution in [0.4, 0.5) is 70.0 Å². The van der Waals surface area contributed by atoms with Crippen LogP contribution >= 0.6 is 0 Å². The van der Waals surface area contributed by atoms with E-state index in [2.05, 4.69) is 14.5 Å². The third kappa shape index (κ3) is 10.5. The zero-order valence-electron chi connectivity index (χ0n) is 35.7. The molecule has 0 fully saturated rings. The molecule has 5 aromatic carbocycles. The lowest BCUT2D eigenvalue weighted by Crippen LogP contribution is -2.46. The average Bonchev–Trinajstić information content (AvgIpc) is 3.27. The number of methoxy groups -OCH3 is 1. The van der Waals surface area contributed by atoms with E-state index >= 15 is 0 Å². The van der Waals surface area contributed by atoms with Gasteiger partial charge >= 0.3 is 29.2 Å². The molecule has 0 saturated carbocycles. The molecule has 9 rings (SSSR count). The van der Waals surface area contributed by atoms with Gasteiger partial charge in [0.1, 0.15) is 11.5 Å². The summed E-state index contributed by atoms with van der Waals surface area (Å²) in [5.41, 5.74) is 23.0. The Morgan fingerprint density at radius 2 is 0.912 bits per heavy atom. The van der Waals surface area contributed by atoms with Crippen LogP contribution in [0.2, 0.25) is 0 Å². The lowest BCUT2D eigenvalue weighted by Gasteiger charge is -2.45. The number of ether oxygens (including phenoxy) is 1. The number of nitrogen functional groups attached to an aromatic ring is 3. The van der Waals surface area contributed by atoms with Crippen LogP contribution in [0.25, 0.3) is 0 Å². The molecule has 27 heteroatoms. The van der Waals surface area contributed by atoms with Crippen LogP contribution in [-0.4, -0.2) is 84.6 Å². The fraction of sp³-hybridized carbons (Fsp3) is 0.244. The number of nitrogens with two attached hydrogens (primary N) is 3. The lowest BCUT2D eigenvalue weighted by atomic mass is 9.98. The van der Waals surface area contributed by atoms with Crippen molar-refractivity contribution in [1.29, 1.82) is 0 Å². The number of aromatic hydroxyl groups is 5. The summed E-state index contributed by atoms with van der Waals surface area (Å²) in [7, 11) is 1.68. The number of benzene rings is 5. The standard InChI is InChI=1S/C15H12N4O6.C15H16N4O2.C6H6N2O3.C3H8O.C2HF3O2/c20-12-3-1-10-8(14(12)18(22)23)5-17-7-16(10)6-9-11(17)2-4-13(21)15(9)19(24)25;16-14-8-5-19-7-18(10(8)1-3-12(14)20)6-9-11(19)2-4-13(21)15(9)17;7-4-1-2-6(9)5(3-4)8(10)11;1-3-4-2;3-2(4,5)1(6)7/h1-4,20-21H,5-7H2;1-4,20-21H,5-7,16-17H2;1-3,9H,7H2;3H2,1-2H3;(H,6,7). The van der Waals surface area contributed by atoms with E-state index in [0.717, 1.165) is 41.8 Å². The summed E-state index contributed by atoms with van der Waals surface area (Å²) in [5, 5.41) is 88.2. The first-order valence-electron chi connectivity index (χ1n) is 19.6. The molecule has 0 unspecified atom stereocenters. The van der Waals surface area contributed by atoms with Gasteiger partial charge in [0, 0.05) is 61.1 Å². The summed E-state index contributed by atoms with van der Waals surface area (Å²) in [5.74, 6) is -3.73. The first-order chi connectivity index (χ1) is 31.9. The number of halogens is 3. The van der Waals surface area contributed by atoms with Crippen molar-refractivity contribution in [1.82, 2.24) is 0 Å². The van der Waals surface area contributed by atoms with Crippen LogP contribution < -0.4 is 36.8 Å². The summed E-state index contributed by atoms with van der Waals surface area (Å²) >= 11 is 0. The Balaban J connectivity index is 0.000000180. The monoisotopic (exact) mass is 956 g/mol. The second kappa shape index (κ2) is 20.1. The predicted molar refractivity (Wildman–Crippen MR) is 239 cm³/mol. The van der Waals surface area contributed by atoms with Crippen LogP contribution in [0.15, 0.2) is 66.7 Å². The number of aliphatic carboxylic acids is 1. The highest BCUT2D eigenvalue weighted by atomic mass is 19.4. The fourth-order valence-electron chi connectivity index (χ4n) is 7.45. The minimum Gasteiger partial charge on any atom is -0.506 e. The minimum atomic E-state index is -5.08. The van der Waals surface area contributed by atoms with Gasteiger partial charge in [0.15, 0.2) is 17.2 Å². The third-order valence-corrected chi connectivity index (χ3v) is 10.6. The van der Waals surface area contributed by atoms with Crippen molar-refractivity contribution in [2.24, 2.45) is 0 Å². The number of nitrogens with zero attached hydrogens (tertiary/aromatic N) is 7. The summed E-state index contributed by atoms with van der Waals surface area (Å²) < 4.78 is 36.3. The largest absolute Gasteiger partial charge is 0.506 e. The van der Waals surface area contributed by atoms with Gasteiger partial charge in [0.05, 0.1) is 75.1 Å². The number of nitro benzene ring substituents is 3. The molecule has 0 spiro atoms. The number of phenolic OH excluding ortho intramolecular Hbond substituents is 5. The van der Waals surface area contributed by atoms with Crippen LogP contribution in [0, 0.1) is 30.3 Å². The number of rotatable bonds is 4. The van der Waals surface area contributed by atoms with E-state index in [-0.39, 0.29) is 53.1 Å². The van der Waals surface area contributed by atoms with Crippen molar-refractivity contribution in [2.45, 2.75) is 39.3 Å². The number of anilines is 7. The van der Waals surface area contributed by atoms with E-state index in [1.807, 2.05) is 19.1 Å². The van der Waals surface area contributed by atoms with E-state index in [9.17, 15) is 63.9 Å². The molecule has 68 heavy (non-hydrogen) atoms. The molecule has 0 aromatic heterocycles. The molecule has 4 aliphatic heterocycles. The second-order valence-corrected chi connectivity index (χ2v) is 14.8. The van der Waals surface area contributed by atoms with Gasteiger partial charge in [-0.15, -0.1) is 0 Å². The highest BCUT2D eigenvalue weighted by Crippen LogP contribution is 2.48. The predicted octanol–water partition coefficient (Wildman–Crippen LogP) is 5.94. The Hall–Kier alpha value is -8.88. The summed E-state index contributed by atoms with van der Waals surface area (Å²) in [6, 6.07) is 16.3. The highest BCUT2D eigenvalue weighted by molar-refractivity contribution is 5.80. The van der Waals surface area contributed by atoms with Gasteiger partial charge in [0.2, 0.25) is 0 Å². The normalized spacial score (nSPS) is 13.4. The fourth-order valence-corrected chi connectivity index (χ4v) is 7.45. The van der Waals surface area contributed by atoms with Crippen LogP contribution in [-0.2, 0) is 35.7 Å². The first kappa shape index (κ1) is 50.1. The molecule has 4 aliphatic rings. The molecule has 0 radical (unpaired) electrons. The lowest BCUT2D eigenvalue weighted by molar-refractivity contribution is -0.386. The number of carbonyl (C=O) groups is 1. The number of alkyl halides is 3. The van der Waals surface area contributed by atoms with Crippen molar-refractivity contribution in [3.05, 3.63) is 119 Å². The number of hydrogen-bond donors (Lipinski definition) is 9. The van der Waals surface area contributed by atoms with Crippen molar-refractivity contribution < 1.29 is 68.1 Å². The summed E-state index contributed by atoms with van der Waals surface area (Å²) in [6.07, 6.45) is -5.08. The maximum atomic E-state index is 11.3. The third-order valence-electron chi connectivity index (χ3n) is 10.6. The quantitative estimate of drug-likeness (QED) is 0.0331. The summed E-state index contributed by atoms with van der Waals surface area (Å²) in [4.78, 5) is 47.6. The van der Waals surface area contributed by atoms with Gasteiger partial charge in [-0.25, -0.2) is 4.79 Å². The first-order valence-corrected chi connectivity index (χ1v) is 19.6. The maximum absolute atomic E-state index is 11.3. The topological polar surface area (TPSA) is 368 Å². The van der Waals surface area contributed by atoms with Gasteiger partial charge in [-0.1, -0.05) is 0 Å². The van der Waals surface area contributed by atoms with E-state index in [0.29, 0.717) is 53.6 Å². The van der Waals surface area contributed by atoms with E-state index < -0.39 is 38.4 Å². The zero-order chi connectivity index (χ0) is 50.5. The van der Waals surface area contributed by atoms with E-state index in [4.69, 9.17) is 32.2 Å².